The van der Waals surface area contributed by atoms with Gasteiger partial charge in [-0.2, -0.15) is 30.0 Å². The summed E-state index contributed by atoms with van der Waals surface area (Å²) in [5.41, 5.74) is -4.22. The molecular weight excluding hydrogens is 739 g/mol. The first-order valence-electron chi connectivity index (χ1n) is 9.42. The van der Waals surface area contributed by atoms with Crippen LogP contribution in [0.15, 0.2) is 65.6 Å². The van der Waals surface area contributed by atoms with Crippen molar-refractivity contribution in [2.75, 3.05) is 0 Å². The van der Waals surface area contributed by atoms with E-state index in [0.717, 1.165) is 11.6 Å². The summed E-state index contributed by atoms with van der Waals surface area (Å²) < 4.78 is 103. The monoisotopic (exact) mass is 754 g/mol. The van der Waals surface area contributed by atoms with Crippen LogP contribution in [0.5, 0.6) is 17.2 Å². The van der Waals surface area contributed by atoms with E-state index in [4.69, 9.17) is 8.92 Å². The number of aryl methyl sites for hydroxylation is 1. The number of ether oxygens (including phenoxy) is 1. The van der Waals surface area contributed by atoms with Crippen LogP contribution in [0.1, 0.15) is 11.1 Å². The van der Waals surface area contributed by atoms with Crippen LogP contribution in [0.4, 0.5) is 13.2 Å². The number of hydrogen-bond donors (Lipinski definition) is 0. The van der Waals surface area contributed by atoms with E-state index in [2.05, 4.69) is 4.18 Å². The zero-order chi connectivity index (χ0) is 26.0. The lowest BCUT2D eigenvalue weighted by molar-refractivity contribution is -0.0500. The molecule has 3 rings (SSSR count). The molecule has 0 aromatic heterocycles. The molecule has 7 nitrogen and oxygen atoms in total. The Hall–Kier alpha value is -1.79. The molecular formula is C21H15F3I2O7S2. The average molecular weight is 754 g/mol. The summed E-state index contributed by atoms with van der Waals surface area (Å²) in [5, 5.41) is 0. The van der Waals surface area contributed by atoms with Crippen molar-refractivity contribution in [3.63, 3.8) is 0 Å². The molecule has 0 saturated carbocycles. The summed E-state index contributed by atoms with van der Waals surface area (Å²) in [7, 11) is -10.5. The number of alkyl halides is 3. The molecule has 0 atom stereocenters. The highest BCUT2D eigenvalue weighted by atomic mass is 127. The normalized spacial score (nSPS) is 12.3. The topological polar surface area (TPSA) is 96.0 Å². The molecule has 0 unspecified atom stereocenters. The molecule has 3 aromatic rings. The molecule has 0 saturated heterocycles. The first kappa shape index (κ1) is 27.8. The molecule has 0 radical (unpaired) electrons. The number of benzene rings is 3. The molecule has 0 fully saturated rings. The standard InChI is InChI=1S/C21H15F3I2O7S2/c1-13-7-9-15(10-8-13)34(27,28)32-16-11-17(33-35(29,30)21(22,23)24)19(26)20(18(16)25)31-12-14-5-3-2-4-6-14/h2-11H,12H2,1H3. The predicted molar refractivity (Wildman–Crippen MR) is 137 cm³/mol. The molecule has 14 heteroatoms. The van der Waals surface area contributed by atoms with E-state index >= 15 is 0 Å². The van der Waals surface area contributed by atoms with E-state index in [0.29, 0.717) is 5.56 Å². The molecule has 0 heterocycles. The SMILES string of the molecule is Cc1ccc(S(=O)(=O)Oc2cc(OS(=O)(=O)C(F)(F)F)c(I)c(OCc3ccccc3)c2I)cc1. The van der Waals surface area contributed by atoms with Crippen molar-refractivity contribution < 1.29 is 43.1 Å². The third kappa shape index (κ3) is 6.71. The minimum atomic E-state index is -6.06. The molecule has 0 spiro atoms. The molecule has 35 heavy (non-hydrogen) atoms. The van der Waals surface area contributed by atoms with Crippen molar-refractivity contribution in [2.24, 2.45) is 0 Å². The first-order valence-corrected chi connectivity index (χ1v) is 14.4. The van der Waals surface area contributed by atoms with Gasteiger partial charge in [0.2, 0.25) is 0 Å². The minimum Gasteiger partial charge on any atom is -0.486 e. The van der Waals surface area contributed by atoms with Gasteiger partial charge in [0, 0.05) is 6.07 Å². The summed E-state index contributed by atoms with van der Waals surface area (Å²) >= 11 is 3.25. The van der Waals surface area contributed by atoms with Crippen LogP contribution in [-0.4, -0.2) is 22.3 Å². The van der Waals surface area contributed by atoms with Crippen molar-refractivity contribution >= 4 is 65.4 Å². The Labute approximate surface area is 227 Å². The molecule has 0 aliphatic rings. The fourth-order valence-corrected chi connectivity index (χ4v) is 6.17. The number of rotatable bonds is 8. The van der Waals surface area contributed by atoms with Crippen molar-refractivity contribution in [3.8, 4) is 17.2 Å². The van der Waals surface area contributed by atoms with Crippen LogP contribution in [0, 0.1) is 14.1 Å². The van der Waals surface area contributed by atoms with Gasteiger partial charge in [-0.15, -0.1) is 0 Å². The molecule has 0 aliphatic heterocycles. The van der Waals surface area contributed by atoms with Gasteiger partial charge in [-0.05, 0) is 69.8 Å². The Morgan fingerprint density at radius 2 is 1.37 bits per heavy atom. The molecule has 0 amide bonds. The van der Waals surface area contributed by atoms with E-state index in [9.17, 15) is 30.0 Å². The average Bonchev–Trinajstić information content (AvgIpc) is 2.77. The van der Waals surface area contributed by atoms with Crippen molar-refractivity contribution in [2.45, 2.75) is 23.9 Å². The maximum Gasteiger partial charge on any atom is 0.534 e. The molecule has 0 aliphatic carbocycles. The summed E-state index contributed by atoms with van der Waals surface area (Å²) in [6, 6.07) is 15.1. The van der Waals surface area contributed by atoms with Gasteiger partial charge in [-0.3, -0.25) is 0 Å². The fourth-order valence-electron chi connectivity index (χ4n) is 2.58. The highest BCUT2D eigenvalue weighted by molar-refractivity contribution is 14.1. The molecule has 188 valence electrons. The number of halogens is 5. The first-order chi connectivity index (χ1) is 16.2. The lowest BCUT2D eigenvalue weighted by Gasteiger charge is -2.18. The maximum absolute atomic E-state index is 13.0. The van der Waals surface area contributed by atoms with E-state index in [-0.39, 0.29) is 24.4 Å². The smallest absolute Gasteiger partial charge is 0.486 e. The third-order valence-electron chi connectivity index (χ3n) is 4.31. The van der Waals surface area contributed by atoms with Crippen molar-refractivity contribution in [3.05, 3.63) is 78.9 Å². The maximum atomic E-state index is 13.0. The fraction of sp³-hybridized carbons (Fsp3) is 0.143. The second-order valence-corrected chi connectivity index (χ2v) is 12.2. The lowest BCUT2D eigenvalue weighted by atomic mass is 10.2. The zero-order valence-electron chi connectivity index (χ0n) is 17.5. The molecule has 0 bridgehead atoms. The predicted octanol–water partition coefficient (Wildman–Crippen LogP) is 5.78. The van der Waals surface area contributed by atoms with Gasteiger partial charge < -0.3 is 13.1 Å². The van der Waals surface area contributed by atoms with E-state index in [1.807, 2.05) is 0 Å². The second-order valence-electron chi connectivity index (χ2n) is 6.94. The Balaban J connectivity index is 2.08. The molecule has 3 aromatic carbocycles. The van der Waals surface area contributed by atoms with Crippen LogP contribution in [0.25, 0.3) is 0 Å². The van der Waals surface area contributed by atoms with Gasteiger partial charge in [-0.1, -0.05) is 48.0 Å². The summed E-state index contributed by atoms with van der Waals surface area (Å²) in [4.78, 5) is -0.213. The van der Waals surface area contributed by atoms with Crippen molar-refractivity contribution in [1.29, 1.82) is 0 Å². The van der Waals surface area contributed by atoms with Crippen LogP contribution >= 0.6 is 45.2 Å². The minimum absolute atomic E-state index is 0.0491. The van der Waals surface area contributed by atoms with Gasteiger partial charge in [0.05, 0.1) is 0 Å². The van der Waals surface area contributed by atoms with Crippen molar-refractivity contribution in [1.82, 2.24) is 0 Å². The van der Waals surface area contributed by atoms with Crippen LogP contribution in [0.3, 0.4) is 0 Å². The second kappa shape index (κ2) is 10.7. The van der Waals surface area contributed by atoms with Gasteiger partial charge >= 0.3 is 25.7 Å². The van der Waals surface area contributed by atoms with Gasteiger partial charge in [-0.25, -0.2) is 0 Å². The Morgan fingerprint density at radius 3 is 1.91 bits per heavy atom. The Bertz CT molecular complexity index is 1430. The quantitative estimate of drug-likeness (QED) is 0.164. The summed E-state index contributed by atoms with van der Waals surface area (Å²) in [6.45, 7) is 1.70. The van der Waals surface area contributed by atoms with E-state index in [1.54, 1.807) is 82.4 Å². The Kier molecular flexibility index (Phi) is 8.48. The van der Waals surface area contributed by atoms with Gasteiger partial charge in [0.25, 0.3) is 0 Å². The van der Waals surface area contributed by atoms with Crippen LogP contribution < -0.4 is 13.1 Å². The lowest BCUT2D eigenvalue weighted by Crippen LogP contribution is -2.28. The summed E-state index contributed by atoms with van der Waals surface area (Å²) in [5.74, 6) is -1.39. The zero-order valence-corrected chi connectivity index (χ0v) is 23.5. The van der Waals surface area contributed by atoms with E-state index in [1.165, 1.54) is 24.3 Å². The van der Waals surface area contributed by atoms with E-state index < -0.39 is 37.2 Å². The third-order valence-corrected chi connectivity index (χ3v) is 8.57. The molecule has 0 N–H and O–H groups in total. The highest BCUT2D eigenvalue weighted by Gasteiger charge is 2.49. The van der Waals surface area contributed by atoms with Crippen LogP contribution in [0.2, 0.25) is 0 Å². The Morgan fingerprint density at radius 1 is 0.829 bits per heavy atom. The number of hydrogen-bond acceptors (Lipinski definition) is 7. The van der Waals surface area contributed by atoms with Gasteiger partial charge in [0.15, 0.2) is 17.2 Å². The highest BCUT2D eigenvalue weighted by Crippen LogP contribution is 2.43. The summed E-state index contributed by atoms with van der Waals surface area (Å²) in [6.07, 6.45) is 0. The van der Waals surface area contributed by atoms with Gasteiger partial charge in [0.1, 0.15) is 18.6 Å². The van der Waals surface area contributed by atoms with Crippen LogP contribution in [-0.2, 0) is 26.8 Å². The largest absolute Gasteiger partial charge is 0.534 e.